The smallest absolute Gasteiger partial charge is 0.261 e. The van der Waals surface area contributed by atoms with Gasteiger partial charge in [-0.15, -0.1) is 0 Å². The molecule has 0 aliphatic carbocycles. The third-order valence-electron chi connectivity index (χ3n) is 5.53. The number of amides is 2. The van der Waals surface area contributed by atoms with Crippen LogP contribution in [0.5, 0.6) is 11.5 Å². The SMILES string of the molecule is CCCCNC(=O)[C@H](C)N(Cc1cccc(OC)c1)C(=O)COc1ccccc1C(C)(C)C. The lowest BCUT2D eigenvalue weighted by Gasteiger charge is -2.29. The van der Waals surface area contributed by atoms with Gasteiger partial charge in [-0.1, -0.05) is 64.4 Å². The van der Waals surface area contributed by atoms with Crippen LogP contribution < -0.4 is 14.8 Å². The van der Waals surface area contributed by atoms with Gasteiger partial charge in [0.25, 0.3) is 5.91 Å². The van der Waals surface area contributed by atoms with E-state index in [2.05, 4.69) is 33.0 Å². The van der Waals surface area contributed by atoms with Gasteiger partial charge in [0.1, 0.15) is 17.5 Å². The number of nitrogens with zero attached hydrogens (tertiary/aromatic N) is 1. The van der Waals surface area contributed by atoms with E-state index in [1.807, 2.05) is 48.5 Å². The average Bonchev–Trinajstić information content (AvgIpc) is 2.80. The van der Waals surface area contributed by atoms with E-state index >= 15 is 0 Å². The maximum Gasteiger partial charge on any atom is 0.261 e. The van der Waals surface area contributed by atoms with Crippen LogP contribution in [0.1, 0.15) is 58.6 Å². The fourth-order valence-electron chi connectivity index (χ4n) is 3.52. The fourth-order valence-corrected chi connectivity index (χ4v) is 3.52. The van der Waals surface area contributed by atoms with Gasteiger partial charge in [0.2, 0.25) is 5.91 Å². The largest absolute Gasteiger partial charge is 0.497 e. The second-order valence-electron chi connectivity index (χ2n) is 9.23. The van der Waals surface area contributed by atoms with Gasteiger partial charge >= 0.3 is 0 Å². The van der Waals surface area contributed by atoms with E-state index in [-0.39, 0.29) is 30.4 Å². The van der Waals surface area contributed by atoms with Gasteiger partial charge in [0.15, 0.2) is 6.61 Å². The lowest BCUT2D eigenvalue weighted by Crippen LogP contribution is -2.49. The minimum atomic E-state index is -0.637. The summed E-state index contributed by atoms with van der Waals surface area (Å²) in [5, 5.41) is 2.93. The number of ether oxygens (including phenoxy) is 2. The van der Waals surface area contributed by atoms with Crippen molar-refractivity contribution < 1.29 is 19.1 Å². The lowest BCUT2D eigenvalue weighted by atomic mass is 9.86. The topological polar surface area (TPSA) is 67.9 Å². The molecule has 1 atom stereocenters. The second-order valence-corrected chi connectivity index (χ2v) is 9.23. The molecule has 1 N–H and O–H groups in total. The van der Waals surface area contributed by atoms with Crippen molar-refractivity contribution >= 4 is 11.8 Å². The molecule has 2 aromatic carbocycles. The van der Waals surface area contributed by atoms with E-state index in [4.69, 9.17) is 9.47 Å². The van der Waals surface area contributed by atoms with Crippen LogP contribution in [-0.4, -0.2) is 43.0 Å². The minimum absolute atomic E-state index is 0.119. The molecule has 2 aromatic rings. The molecule has 0 saturated heterocycles. The second kappa shape index (κ2) is 12.3. The summed E-state index contributed by atoms with van der Waals surface area (Å²) >= 11 is 0. The summed E-state index contributed by atoms with van der Waals surface area (Å²) in [7, 11) is 1.60. The summed E-state index contributed by atoms with van der Waals surface area (Å²) in [6.45, 7) is 10.9. The number of nitrogens with one attached hydrogen (secondary N) is 1. The zero-order valence-corrected chi connectivity index (χ0v) is 20.8. The third kappa shape index (κ3) is 7.81. The number of carbonyl (C=O) groups excluding carboxylic acids is 2. The Balaban J connectivity index is 2.21. The molecule has 0 saturated carbocycles. The molecule has 33 heavy (non-hydrogen) atoms. The Morgan fingerprint density at radius 3 is 2.48 bits per heavy atom. The third-order valence-corrected chi connectivity index (χ3v) is 5.53. The zero-order chi connectivity index (χ0) is 24.4. The molecule has 0 aliphatic rings. The highest BCUT2D eigenvalue weighted by Crippen LogP contribution is 2.31. The van der Waals surface area contributed by atoms with Crippen LogP contribution in [0.15, 0.2) is 48.5 Å². The first-order valence-electron chi connectivity index (χ1n) is 11.6. The van der Waals surface area contributed by atoms with Crippen LogP contribution >= 0.6 is 0 Å². The molecule has 180 valence electrons. The quantitative estimate of drug-likeness (QED) is 0.500. The summed E-state index contributed by atoms with van der Waals surface area (Å²) in [6.07, 6.45) is 1.89. The predicted octanol–water partition coefficient (Wildman–Crippen LogP) is 4.71. The molecule has 0 fully saturated rings. The Morgan fingerprint density at radius 1 is 1.09 bits per heavy atom. The number of para-hydroxylation sites is 1. The molecular formula is C27H38N2O4. The van der Waals surface area contributed by atoms with E-state index in [0.29, 0.717) is 18.0 Å². The van der Waals surface area contributed by atoms with Crippen molar-refractivity contribution in [2.75, 3.05) is 20.3 Å². The van der Waals surface area contributed by atoms with Gasteiger partial charge in [0.05, 0.1) is 7.11 Å². The first-order valence-corrected chi connectivity index (χ1v) is 11.6. The molecule has 2 amide bonds. The number of rotatable bonds is 11. The summed E-state index contributed by atoms with van der Waals surface area (Å²) in [4.78, 5) is 27.6. The van der Waals surface area contributed by atoms with Crippen molar-refractivity contribution in [1.82, 2.24) is 10.2 Å². The molecule has 0 spiro atoms. The molecule has 0 heterocycles. The zero-order valence-electron chi connectivity index (χ0n) is 20.8. The Kier molecular flexibility index (Phi) is 9.76. The van der Waals surface area contributed by atoms with E-state index < -0.39 is 6.04 Å². The first-order chi connectivity index (χ1) is 15.7. The van der Waals surface area contributed by atoms with Crippen LogP contribution in [0, 0.1) is 0 Å². The van der Waals surface area contributed by atoms with Crippen LogP contribution in [0.25, 0.3) is 0 Å². The molecule has 6 heteroatoms. The van der Waals surface area contributed by atoms with Gasteiger partial charge < -0.3 is 19.7 Å². The summed E-state index contributed by atoms with van der Waals surface area (Å²) < 4.78 is 11.3. The van der Waals surface area contributed by atoms with Gasteiger partial charge in [0, 0.05) is 13.1 Å². The Labute approximate surface area is 198 Å². The summed E-state index contributed by atoms with van der Waals surface area (Å²) in [6, 6.07) is 14.6. The Morgan fingerprint density at radius 2 is 1.82 bits per heavy atom. The maximum absolute atomic E-state index is 13.3. The number of methoxy groups -OCH3 is 1. The van der Waals surface area contributed by atoms with E-state index in [0.717, 1.165) is 24.0 Å². The number of hydrogen-bond donors (Lipinski definition) is 1. The van der Waals surface area contributed by atoms with E-state index in [9.17, 15) is 9.59 Å². The van der Waals surface area contributed by atoms with Crippen LogP contribution in [-0.2, 0) is 21.5 Å². The van der Waals surface area contributed by atoms with Crippen molar-refractivity contribution in [3.8, 4) is 11.5 Å². The molecule has 0 aromatic heterocycles. The van der Waals surface area contributed by atoms with Crippen molar-refractivity contribution in [1.29, 1.82) is 0 Å². The molecule has 6 nitrogen and oxygen atoms in total. The highest BCUT2D eigenvalue weighted by Gasteiger charge is 2.27. The first kappa shape index (κ1) is 26.2. The summed E-state index contributed by atoms with van der Waals surface area (Å²) in [5.41, 5.74) is 1.79. The van der Waals surface area contributed by atoms with Gasteiger partial charge in [-0.3, -0.25) is 9.59 Å². The predicted molar refractivity (Wildman–Crippen MR) is 132 cm³/mol. The molecule has 0 bridgehead atoms. The minimum Gasteiger partial charge on any atom is -0.497 e. The molecule has 2 rings (SSSR count). The average molecular weight is 455 g/mol. The molecule has 0 radical (unpaired) electrons. The van der Waals surface area contributed by atoms with Crippen LogP contribution in [0.3, 0.4) is 0 Å². The standard InChI is InChI=1S/C27H38N2O4/c1-7-8-16-28-26(31)20(2)29(18-21-12-11-13-22(17-21)32-6)25(30)19-33-24-15-10-9-14-23(24)27(3,4)5/h9-15,17,20H,7-8,16,18-19H2,1-6H3,(H,28,31)/t20-/m0/s1. The van der Waals surface area contributed by atoms with Crippen molar-refractivity contribution in [2.45, 2.75) is 65.5 Å². The van der Waals surface area contributed by atoms with Gasteiger partial charge in [-0.25, -0.2) is 0 Å². The fraction of sp³-hybridized carbons (Fsp3) is 0.481. The van der Waals surface area contributed by atoms with Gasteiger partial charge in [-0.05, 0) is 48.1 Å². The highest BCUT2D eigenvalue weighted by molar-refractivity contribution is 5.88. The highest BCUT2D eigenvalue weighted by atomic mass is 16.5. The number of hydrogen-bond acceptors (Lipinski definition) is 4. The number of carbonyl (C=O) groups is 2. The molecule has 0 unspecified atom stereocenters. The molecular weight excluding hydrogens is 416 g/mol. The normalized spacial score (nSPS) is 12.1. The van der Waals surface area contributed by atoms with Crippen molar-refractivity contribution in [3.05, 3.63) is 59.7 Å². The van der Waals surface area contributed by atoms with Crippen molar-refractivity contribution in [3.63, 3.8) is 0 Å². The Bertz CT molecular complexity index is 920. The van der Waals surface area contributed by atoms with Crippen molar-refractivity contribution in [2.24, 2.45) is 0 Å². The lowest BCUT2D eigenvalue weighted by molar-refractivity contribution is -0.142. The summed E-state index contributed by atoms with van der Waals surface area (Å²) in [5.74, 6) is 0.962. The van der Waals surface area contributed by atoms with Crippen LogP contribution in [0.4, 0.5) is 0 Å². The maximum atomic E-state index is 13.3. The number of benzene rings is 2. The van der Waals surface area contributed by atoms with Gasteiger partial charge in [-0.2, -0.15) is 0 Å². The van der Waals surface area contributed by atoms with E-state index in [1.165, 1.54) is 0 Å². The van der Waals surface area contributed by atoms with E-state index in [1.54, 1.807) is 18.9 Å². The number of unbranched alkanes of at least 4 members (excludes halogenated alkanes) is 1. The van der Waals surface area contributed by atoms with Crippen LogP contribution in [0.2, 0.25) is 0 Å². The molecule has 0 aliphatic heterocycles. The monoisotopic (exact) mass is 454 g/mol. The Hall–Kier alpha value is -3.02.